The van der Waals surface area contributed by atoms with Crippen molar-refractivity contribution in [3.8, 4) is 0 Å². The molecule has 0 aliphatic carbocycles. The normalized spacial score (nSPS) is 13.7. The van der Waals surface area contributed by atoms with Crippen molar-refractivity contribution in [2.24, 2.45) is 0 Å². The summed E-state index contributed by atoms with van der Waals surface area (Å²) in [6, 6.07) is 20.0. The number of hydrogen-bond donors (Lipinski definition) is 2. The fourth-order valence-electron chi connectivity index (χ4n) is 3.98. The van der Waals surface area contributed by atoms with Crippen molar-refractivity contribution in [2.45, 2.75) is 38.1 Å². The Kier molecular flexibility index (Phi) is 6.70. The summed E-state index contributed by atoms with van der Waals surface area (Å²) in [4.78, 5) is 15.3. The van der Waals surface area contributed by atoms with E-state index in [1.807, 2.05) is 31.2 Å². The van der Waals surface area contributed by atoms with Crippen LogP contribution in [0.5, 0.6) is 0 Å². The number of rotatable bonds is 7. The van der Waals surface area contributed by atoms with Gasteiger partial charge in [-0.25, -0.2) is 8.42 Å². The van der Waals surface area contributed by atoms with Crippen molar-refractivity contribution in [1.29, 1.82) is 0 Å². The number of sulfonamides is 1. The Morgan fingerprint density at radius 3 is 2.30 bits per heavy atom. The van der Waals surface area contributed by atoms with E-state index in [0.29, 0.717) is 23.4 Å². The van der Waals surface area contributed by atoms with Gasteiger partial charge in [0.15, 0.2) is 0 Å². The van der Waals surface area contributed by atoms with Crippen LogP contribution in [0.4, 0.5) is 11.4 Å². The molecule has 0 spiro atoms. The van der Waals surface area contributed by atoms with E-state index in [4.69, 9.17) is 0 Å². The molecule has 1 aliphatic heterocycles. The summed E-state index contributed by atoms with van der Waals surface area (Å²) in [5.74, 6) is -0.302. The Balaban J connectivity index is 1.45. The van der Waals surface area contributed by atoms with Gasteiger partial charge in [-0.1, -0.05) is 36.4 Å². The minimum Gasteiger partial charge on any atom is -0.372 e. The fraction of sp³-hybridized carbons (Fsp3) is 0.269. The van der Waals surface area contributed by atoms with Gasteiger partial charge in [0.25, 0.3) is 15.9 Å². The summed E-state index contributed by atoms with van der Waals surface area (Å²) in [5.41, 5.74) is 4.60. The summed E-state index contributed by atoms with van der Waals surface area (Å²) in [7, 11) is -3.82. The van der Waals surface area contributed by atoms with E-state index in [1.165, 1.54) is 30.7 Å². The quantitative estimate of drug-likeness (QED) is 0.535. The number of carbonyl (C=O) groups is 1. The molecule has 1 fully saturated rings. The molecule has 6 nitrogen and oxygen atoms in total. The van der Waals surface area contributed by atoms with Crippen LogP contribution in [-0.2, 0) is 16.6 Å². The largest absolute Gasteiger partial charge is 0.372 e. The highest BCUT2D eigenvalue weighted by Gasteiger charge is 2.19. The third-order valence-electron chi connectivity index (χ3n) is 6.01. The van der Waals surface area contributed by atoms with Crippen LogP contribution in [0.3, 0.4) is 0 Å². The number of nitrogens with one attached hydrogen (secondary N) is 2. The Morgan fingerprint density at radius 2 is 1.61 bits per heavy atom. The van der Waals surface area contributed by atoms with Crippen LogP contribution in [0.1, 0.15) is 39.9 Å². The molecule has 0 bridgehead atoms. The van der Waals surface area contributed by atoms with Crippen LogP contribution >= 0.6 is 0 Å². The summed E-state index contributed by atoms with van der Waals surface area (Å²) in [6.45, 7) is 6.19. The van der Waals surface area contributed by atoms with Gasteiger partial charge >= 0.3 is 0 Å². The molecule has 1 saturated heterocycles. The second-order valence-electron chi connectivity index (χ2n) is 8.44. The first-order valence-corrected chi connectivity index (χ1v) is 12.6. The number of amides is 1. The zero-order chi connectivity index (χ0) is 23.4. The van der Waals surface area contributed by atoms with Crippen molar-refractivity contribution in [2.75, 3.05) is 22.7 Å². The van der Waals surface area contributed by atoms with Crippen LogP contribution in [0.15, 0.2) is 71.6 Å². The first-order chi connectivity index (χ1) is 15.8. The zero-order valence-corrected chi connectivity index (χ0v) is 19.8. The Bertz CT molecular complexity index is 1250. The first-order valence-electron chi connectivity index (χ1n) is 11.1. The number of aryl methyl sites for hydroxylation is 2. The number of hydrogen-bond acceptors (Lipinski definition) is 4. The van der Waals surface area contributed by atoms with E-state index in [-0.39, 0.29) is 10.8 Å². The Morgan fingerprint density at radius 1 is 0.909 bits per heavy atom. The molecule has 0 radical (unpaired) electrons. The lowest BCUT2D eigenvalue weighted by Gasteiger charge is -2.18. The molecule has 7 heteroatoms. The molecule has 4 rings (SSSR count). The van der Waals surface area contributed by atoms with Gasteiger partial charge in [-0.05, 0) is 73.7 Å². The van der Waals surface area contributed by atoms with Crippen LogP contribution in [0, 0.1) is 13.8 Å². The standard InChI is InChI=1S/C26H29N3O3S/c1-19-9-14-23(33(31,32)28-25-8-4-3-7-20(25)2)17-24(19)26(30)27-18-21-10-12-22(13-11-21)29-15-5-6-16-29/h3-4,7-14,17,28H,5-6,15-16,18H2,1-2H3,(H,27,30). The van der Waals surface area contributed by atoms with Crippen molar-refractivity contribution in [3.63, 3.8) is 0 Å². The Hall–Kier alpha value is -3.32. The lowest BCUT2D eigenvalue weighted by Crippen LogP contribution is -2.24. The maximum absolute atomic E-state index is 12.9. The number of benzene rings is 3. The molecule has 0 saturated carbocycles. The van der Waals surface area contributed by atoms with Gasteiger partial charge in [0.2, 0.25) is 0 Å². The maximum Gasteiger partial charge on any atom is 0.261 e. The molecule has 33 heavy (non-hydrogen) atoms. The molecular formula is C26H29N3O3S. The molecule has 1 amide bonds. The molecule has 1 aliphatic rings. The smallest absolute Gasteiger partial charge is 0.261 e. The van der Waals surface area contributed by atoms with E-state index in [1.54, 1.807) is 25.1 Å². The topological polar surface area (TPSA) is 78.5 Å². The number of carbonyl (C=O) groups excluding carboxylic acids is 1. The zero-order valence-electron chi connectivity index (χ0n) is 19.0. The highest BCUT2D eigenvalue weighted by molar-refractivity contribution is 7.92. The summed E-state index contributed by atoms with van der Waals surface area (Å²) < 4.78 is 28.4. The second-order valence-corrected chi connectivity index (χ2v) is 10.1. The average molecular weight is 464 g/mol. The molecule has 3 aromatic carbocycles. The van der Waals surface area contributed by atoms with Crippen molar-refractivity contribution < 1.29 is 13.2 Å². The predicted molar refractivity (Wildman–Crippen MR) is 132 cm³/mol. The van der Waals surface area contributed by atoms with Gasteiger partial charge in [-0.2, -0.15) is 0 Å². The highest BCUT2D eigenvalue weighted by atomic mass is 32.2. The summed E-state index contributed by atoms with van der Waals surface area (Å²) in [6.07, 6.45) is 2.46. The summed E-state index contributed by atoms with van der Waals surface area (Å²) in [5, 5.41) is 2.91. The lowest BCUT2D eigenvalue weighted by atomic mass is 10.1. The van der Waals surface area contributed by atoms with Crippen molar-refractivity contribution >= 4 is 27.3 Å². The van der Waals surface area contributed by atoms with E-state index >= 15 is 0 Å². The van der Waals surface area contributed by atoms with Crippen LogP contribution in [0.25, 0.3) is 0 Å². The van der Waals surface area contributed by atoms with Crippen LogP contribution < -0.4 is 14.9 Å². The van der Waals surface area contributed by atoms with Crippen LogP contribution in [0.2, 0.25) is 0 Å². The molecule has 1 heterocycles. The van der Waals surface area contributed by atoms with Gasteiger partial charge in [0, 0.05) is 30.9 Å². The van der Waals surface area contributed by atoms with Gasteiger partial charge in [0.1, 0.15) is 0 Å². The van der Waals surface area contributed by atoms with Gasteiger partial charge in [-0.3, -0.25) is 9.52 Å². The minimum absolute atomic E-state index is 0.0523. The average Bonchev–Trinajstić information content (AvgIpc) is 3.34. The molecular weight excluding hydrogens is 434 g/mol. The van der Waals surface area contributed by atoms with Gasteiger partial charge in [-0.15, -0.1) is 0 Å². The Labute approximate surface area is 195 Å². The lowest BCUT2D eigenvalue weighted by molar-refractivity contribution is 0.0950. The SMILES string of the molecule is Cc1ccccc1NS(=O)(=O)c1ccc(C)c(C(=O)NCc2ccc(N3CCCC3)cc2)c1. The van der Waals surface area contributed by atoms with E-state index in [2.05, 4.69) is 27.1 Å². The highest BCUT2D eigenvalue weighted by Crippen LogP contribution is 2.22. The molecule has 0 unspecified atom stereocenters. The van der Waals surface area contributed by atoms with Crippen molar-refractivity contribution in [3.05, 3.63) is 89.0 Å². The predicted octanol–water partition coefficient (Wildman–Crippen LogP) is 4.63. The third-order valence-corrected chi connectivity index (χ3v) is 7.38. The second kappa shape index (κ2) is 9.67. The monoisotopic (exact) mass is 463 g/mol. The first kappa shape index (κ1) is 22.9. The van der Waals surface area contributed by atoms with Gasteiger partial charge in [0.05, 0.1) is 10.6 Å². The third kappa shape index (κ3) is 5.37. The van der Waals surface area contributed by atoms with Gasteiger partial charge < -0.3 is 10.2 Å². The summed E-state index contributed by atoms with van der Waals surface area (Å²) >= 11 is 0. The molecule has 2 N–H and O–H groups in total. The van der Waals surface area contributed by atoms with E-state index in [0.717, 1.165) is 24.2 Å². The minimum atomic E-state index is -3.82. The number of nitrogens with zero attached hydrogens (tertiary/aromatic N) is 1. The van der Waals surface area contributed by atoms with E-state index < -0.39 is 10.0 Å². The van der Waals surface area contributed by atoms with E-state index in [9.17, 15) is 13.2 Å². The molecule has 3 aromatic rings. The fourth-order valence-corrected chi connectivity index (χ4v) is 5.14. The van der Waals surface area contributed by atoms with Crippen molar-refractivity contribution in [1.82, 2.24) is 5.32 Å². The maximum atomic E-state index is 12.9. The van der Waals surface area contributed by atoms with Crippen LogP contribution in [-0.4, -0.2) is 27.4 Å². The number of anilines is 2. The molecule has 0 atom stereocenters. The number of para-hydroxylation sites is 1. The molecule has 172 valence electrons. The molecule has 0 aromatic heterocycles.